The van der Waals surface area contributed by atoms with Gasteiger partial charge in [0, 0.05) is 11.4 Å². The van der Waals surface area contributed by atoms with Gasteiger partial charge in [-0.2, -0.15) is 0 Å². The van der Waals surface area contributed by atoms with E-state index in [-0.39, 0.29) is 5.78 Å². The molecule has 2 aromatic heterocycles. The normalized spacial score (nSPS) is 13.8. The number of carbonyl (C=O) groups is 1. The fourth-order valence-electron chi connectivity index (χ4n) is 2.38. The first-order chi connectivity index (χ1) is 8.79. The Morgan fingerprint density at radius 1 is 1.50 bits per heavy atom. The third-order valence-corrected chi connectivity index (χ3v) is 4.49. The summed E-state index contributed by atoms with van der Waals surface area (Å²) in [4.78, 5) is 14.6. The van der Waals surface area contributed by atoms with Crippen molar-refractivity contribution in [2.45, 2.75) is 39.2 Å². The monoisotopic (exact) mass is 261 g/mol. The van der Waals surface area contributed by atoms with Crippen molar-refractivity contribution in [3.63, 3.8) is 0 Å². The van der Waals surface area contributed by atoms with Crippen LogP contribution in [0.2, 0.25) is 0 Å². The van der Waals surface area contributed by atoms with E-state index in [2.05, 4.69) is 23.3 Å². The third kappa shape index (κ3) is 1.88. The van der Waals surface area contributed by atoms with Gasteiger partial charge in [0.1, 0.15) is 5.69 Å². The molecule has 2 heterocycles. The molecule has 94 valence electrons. The molecule has 0 atom stereocenters. The smallest absolute Gasteiger partial charge is 0.222 e. The lowest BCUT2D eigenvalue weighted by molar-refractivity contribution is 0.103. The van der Waals surface area contributed by atoms with E-state index in [1.165, 1.54) is 16.9 Å². The summed E-state index contributed by atoms with van der Waals surface area (Å²) in [6.07, 6.45) is 5.99. The van der Waals surface area contributed by atoms with Gasteiger partial charge in [-0.25, -0.2) is 4.68 Å². The number of aryl methyl sites for hydroxylation is 3. The van der Waals surface area contributed by atoms with Gasteiger partial charge in [-0.3, -0.25) is 4.79 Å². The number of hydrogen-bond donors (Lipinski definition) is 0. The van der Waals surface area contributed by atoms with Crippen LogP contribution >= 0.6 is 11.3 Å². The molecule has 0 N–H and O–H groups in total. The van der Waals surface area contributed by atoms with Crippen LogP contribution in [0.5, 0.6) is 0 Å². The van der Waals surface area contributed by atoms with E-state index in [1.54, 1.807) is 22.2 Å². The van der Waals surface area contributed by atoms with Crippen molar-refractivity contribution < 1.29 is 4.79 Å². The van der Waals surface area contributed by atoms with Gasteiger partial charge in [0.05, 0.1) is 11.1 Å². The second-order valence-electron chi connectivity index (χ2n) is 4.58. The van der Waals surface area contributed by atoms with Crippen LogP contribution in [0.1, 0.15) is 45.6 Å². The van der Waals surface area contributed by atoms with Crippen LogP contribution in [0.25, 0.3) is 0 Å². The molecule has 0 fully saturated rings. The Kier molecular flexibility index (Phi) is 2.99. The van der Waals surface area contributed by atoms with Crippen molar-refractivity contribution in [1.29, 1.82) is 0 Å². The van der Waals surface area contributed by atoms with Crippen molar-refractivity contribution in [2.24, 2.45) is 0 Å². The van der Waals surface area contributed by atoms with Gasteiger partial charge < -0.3 is 0 Å². The molecule has 0 saturated carbocycles. The zero-order valence-corrected chi connectivity index (χ0v) is 11.2. The summed E-state index contributed by atoms with van der Waals surface area (Å²) < 4.78 is 1.70. The minimum Gasteiger partial charge on any atom is -0.286 e. The zero-order valence-electron chi connectivity index (χ0n) is 10.3. The first kappa shape index (κ1) is 11.6. The standard InChI is InChI=1S/C13H15N3OS/c1-2-6-16-10(8-14-15-16)13(17)12-7-9-4-3-5-11(9)18-12/h7-8H,2-6H2,1H3. The van der Waals surface area contributed by atoms with Gasteiger partial charge >= 0.3 is 0 Å². The highest BCUT2D eigenvalue weighted by Gasteiger charge is 2.21. The van der Waals surface area contributed by atoms with Crippen molar-refractivity contribution in [3.05, 3.63) is 33.3 Å². The van der Waals surface area contributed by atoms with Gasteiger partial charge in [0.2, 0.25) is 5.78 Å². The SMILES string of the molecule is CCCn1nncc1C(=O)c1cc2c(s1)CCC2. The number of fused-ring (bicyclic) bond motifs is 1. The lowest BCUT2D eigenvalue weighted by Gasteiger charge is -2.01. The number of hydrogen-bond acceptors (Lipinski definition) is 4. The Bertz CT molecular complexity index is 563. The number of carbonyl (C=O) groups excluding carboxylic acids is 1. The van der Waals surface area contributed by atoms with Crippen molar-refractivity contribution in [3.8, 4) is 0 Å². The predicted molar refractivity (Wildman–Crippen MR) is 70.1 cm³/mol. The minimum absolute atomic E-state index is 0.0628. The summed E-state index contributed by atoms with van der Waals surface area (Å²) in [6, 6.07) is 2.05. The first-order valence-electron chi connectivity index (χ1n) is 6.34. The number of rotatable bonds is 4. The summed E-state index contributed by atoms with van der Waals surface area (Å²) in [5.74, 6) is 0.0628. The number of nitrogens with zero attached hydrogens (tertiary/aromatic N) is 3. The number of ketones is 1. The molecule has 1 aliphatic carbocycles. The number of thiophene rings is 1. The average molecular weight is 261 g/mol. The van der Waals surface area contributed by atoms with Gasteiger partial charge in [-0.05, 0) is 37.3 Å². The topological polar surface area (TPSA) is 47.8 Å². The molecule has 0 unspecified atom stereocenters. The van der Waals surface area contributed by atoms with E-state index in [0.29, 0.717) is 5.69 Å². The minimum atomic E-state index is 0.0628. The summed E-state index contributed by atoms with van der Waals surface area (Å²) in [7, 11) is 0. The van der Waals surface area contributed by atoms with E-state index < -0.39 is 0 Å². The highest BCUT2D eigenvalue weighted by molar-refractivity contribution is 7.14. The number of aromatic nitrogens is 3. The van der Waals surface area contributed by atoms with Crippen LogP contribution in [-0.4, -0.2) is 20.8 Å². The molecule has 0 saturated heterocycles. The zero-order chi connectivity index (χ0) is 12.5. The van der Waals surface area contributed by atoms with E-state index >= 15 is 0 Å². The molecule has 3 rings (SSSR count). The maximum Gasteiger partial charge on any atom is 0.222 e. The summed E-state index contributed by atoms with van der Waals surface area (Å²) >= 11 is 1.64. The molecule has 5 heteroatoms. The summed E-state index contributed by atoms with van der Waals surface area (Å²) in [5, 5.41) is 7.81. The van der Waals surface area contributed by atoms with Crippen LogP contribution in [0.15, 0.2) is 12.3 Å². The lowest BCUT2D eigenvalue weighted by Crippen LogP contribution is -2.10. The van der Waals surface area contributed by atoms with Crippen molar-refractivity contribution >= 4 is 17.1 Å². The molecule has 0 bridgehead atoms. The van der Waals surface area contributed by atoms with Gasteiger partial charge in [-0.1, -0.05) is 12.1 Å². The van der Waals surface area contributed by atoms with Crippen molar-refractivity contribution in [1.82, 2.24) is 15.0 Å². The second-order valence-corrected chi connectivity index (χ2v) is 5.72. The lowest BCUT2D eigenvalue weighted by atomic mass is 10.2. The van der Waals surface area contributed by atoms with E-state index in [1.807, 2.05) is 0 Å². The molecular formula is C13H15N3OS. The summed E-state index contributed by atoms with van der Waals surface area (Å²) in [5.41, 5.74) is 1.97. The summed E-state index contributed by atoms with van der Waals surface area (Å²) in [6.45, 7) is 2.81. The van der Waals surface area contributed by atoms with Crippen LogP contribution in [-0.2, 0) is 19.4 Å². The Morgan fingerprint density at radius 3 is 3.17 bits per heavy atom. The fraction of sp³-hybridized carbons (Fsp3) is 0.462. The Hall–Kier alpha value is -1.49. The van der Waals surface area contributed by atoms with E-state index in [0.717, 1.165) is 30.7 Å². The third-order valence-electron chi connectivity index (χ3n) is 3.26. The maximum atomic E-state index is 12.4. The molecule has 2 aromatic rings. The van der Waals surface area contributed by atoms with Crippen LogP contribution < -0.4 is 0 Å². The van der Waals surface area contributed by atoms with Gasteiger partial charge in [0.25, 0.3) is 0 Å². The van der Waals surface area contributed by atoms with Crippen molar-refractivity contribution in [2.75, 3.05) is 0 Å². The Morgan fingerprint density at radius 2 is 2.39 bits per heavy atom. The predicted octanol–water partition coefficient (Wildman–Crippen LogP) is 2.47. The quantitative estimate of drug-likeness (QED) is 0.794. The molecule has 0 amide bonds. The molecular weight excluding hydrogens is 246 g/mol. The Labute approximate surface area is 110 Å². The molecule has 4 nitrogen and oxygen atoms in total. The highest BCUT2D eigenvalue weighted by atomic mass is 32.1. The first-order valence-corrected chi connectivity index (χ1v) is 7.16. The molecule has 0 spiro atoms. The van der Waals surface area contributed by atoms with Gasteiger partial charge in [-0.15, -0.1) is 16.4 Å². The van der Waals surface area contributed by atoms with E-state index in [4.69, 9.17) is 0 Å². The molecule has 18 heavy (non-hydrogen) atoms. The molecule has 0 aliphatic heterocycles. The average Bonchev–Trinajstić information content (AvgIpc) is 3.02. The highest BCUT2D eigenvalue weighted by Crippen LogP contribution is 2.31. The second kappa shape index (κ2) is 4.65. The largest absolute Gasteiger partial charge is 0.286 e. The maximum absolute atomic E-state index is 12.4. The molecule has 0 radical (unpaired) electrons. The molecule has 0 aromatic carbocycles. The molecule has 1 aliphatic rings. The fourth-order valence-corrected chi connectivity index (χ4v) is 3.58. The van der Waals surface area contributed by atoms with E-state index in [9.17, 15) is 4.79 Å². The van der Waals surface area contributed by atoms with Gasteiger partial charge in [0.15, 0.2) is 0 Å². The Balaban J connectivity index is 1.91. The van der Waals surface area contributed by atoms with Crippen LogP contribution in [0.3, 0.4) is 0 Å². The van der Waals surface area contributed by atoms with Crippen LogP contribution in [0.4, 0.5) is 0 Å². The van der Waals surface area contributed by atoms with Crippen LogP contribution in [0, 0.1) is 0 Å².